The van der Waals surface area contributed by atoms with E-state index < -0.39 is 0 Å². The van der Waals surface area contributed by atoms with Gasteiger partial charge in [0, 0.05) is 38.1 Å². The van der Waals surface area contributed by atoms with Gasteiger partial charge in [-0.25, -0.2) is 4.98 Å². The Balaban J connectivity index is 1.85. The van der Waals surface area contributed by atoms with Crippen molar-refractivity contribution in [3.63, 3.8) is 0 Å². The summed E-state index contributed by atoms with van der Waals surface area (Å²) in [4.78, 5) is 19.4. The first-order chi connectivity index (χ1) is 10.1. The fourth-order valence-electron chi connectivity index (χ4n) is 1.94. The van der Waals surface area contributed by atoms with E-state index in [0.29, 0.717) is 5.75 Å². The Hall–Kier alpha value is -2.43. The van der Waals surface area contributed by atoms with Gasteiger partial charge in [0.15, 0.2) is 0 Å². The molecule has 0 amide bonds. The SMILES string of the molecule is CC(=O)Oc1ccc(/C(C)=N/CCCn2ccnc2)cc1. The Morgan fingerprint density at radius 2 is 2.05 bits per heavy atom. The van der Waals surface area contributed by atoms with Crippen LogP contribution in [0.2, 0.25) is 0 Å². The van der Waals surface area contributed by atoms with Crippen LogP contribution in [-0.2, 0) is 11.3 Å². The van der Waals surface area contributed by atoms with Crippen LogP contribution in [0.4, 0.5) is 0 Å². The number of rotatable bonds is 6. The van der Waals surface area contributed by atoms with E-state index >= 15 is 0 Å². The van der Waals surface area contributed by atoms with Gasteiger partial charge in [-0.1, -0.05) is 0 Å². The summed E-state index contributed by atoms with van der Waals surface area (Å²) < 4.78 is 7.04. The van der Waals surface area contributed by atoms with Crippen LogP contribution in [0.15, 0.2) is 48.0 Å². The molecule has 0 bridgehead atoms. The summed E-state index contributed by atoms with van der Waals surface area (Å²) in [5.41, 5.74) is 2.02. The lowest BCUT2D eigenvalue weighted by molar-refractivity contribution is -0.131. The average molecular weight is 285 g/mol. The summed E-state index contributed by atoms with van der Waals surface area (Å²) in [6, 6.07) is 7.38. The highest BCUT2D eigenvalue weighted by molar-refractivity contribution is 5.98. The maximum atomic E-state index is 10.9. The van der Waals surface area contributed by atoms with Crippen molar-refractivity contribution in [1.29, 1.82) is 0 Å². The van der Waals surface area contributed by atoms with Crippen LogP contribution in [0, 0.1) is 0 Å². The molecule has 0 atom stereocenters. The molecule has 0 aliphatic heterocycles. The number of aryl methyl sites for hydroxylation is 1. The van der Waals surface area contributed by atoms with Crippen molar-refractivity contribution in [2.24, 2.45) is 4.99 Å². The number of carbonyl (C=O) groups excluding carboxylic acids is 1. The molecule has 0 spiro atoms. The molecule has 0 radical (unpaired) electrons. The molecule has 1 heterocycles. The molecule has 0 saturated carbocycles. The smallest absolute Gasteiger partial charge is 0.308 e. The minimum atomic E-state index is -0.312. The molecule has 110 valence electrons. The Bertz CT molecular complexity index is 601. The van der Waals surface area contributed by atoms with Crippen LogP contribution in [0.25, 0.3) is 0 Å². The number of hydrogen-bond acceptors (Lipinski definition) is 4. The van der Waals surface area contributed by atoms with E-state index in [1.807, 2.05) is 36.1 Å². The van der Waals surface area contributed by atoms with Crippen LogP contribution in [0.5, 0.6) is 5.75 Å². The molecule has 1 aromatic carbocycles. The van der Waals surface area contributed by atoms with Crippen molar-refractivity contribution in [2.75, 3.05) is 6.54 Å². The Kier molecular flexibility index (Phi) is 5.26. The molecule has 2 aromatic rings. The van der Waals surface area contributed by atoms with Gasteiger partial charge in [0.1, 0.15) is 5.75 Å². The zero-order valence-electron chi connectivity index (χ0n) is 12.3. The number of hydrogen-bond donors (Lipinski definition) is 0. The number of esters is 1. The Morgan fingerprint density at radius 1 is 1.29 bits per heavy atom. The molecule has 0 aliphatic carbocycles. The lowest BCUT2D eigenvalue weighted by atomic mass is 10.1. The van der Waals surface area contributed by atoms with Gasteiger partial charge < -0.3 is 9.30 Å². The number of imidazole rings is 1. The zero-order chi connectivity index (χ0) is 15.1. The zero-order valence-corrected chi connectivity index (χ0v) is 12.3. The number of aliphatic imine (C=N–C) groups is 1. The second-order valence-corrected chi connectivity index (χ2v) is 4.74. The first kappa shape index (κ1) is 15.0. The highest BCUT2D eigenvalue weighted by atomic mass is 16.5. The highest BCUT2D eigenvalue weighted by Crippen LogP contribution is 2.13. The Labute approximate surface area is 124 Å². The molecule has 5 heteroatoms. The maximum absolute atomic E-state index is 10.9. The first-order valence-corrected chi connectivity index (χ1v) is 6.91. The lowest BCUT2D eigenvalue weighted by Gasteiger charge is -2.04. The minimum Gasteiger partial charge on any atom is -0.427 e. The molecule has 0 fully saturated rings. The topological polar surface area (TPSA) is 56.5 Å². The van der Waals surface area contributed by atoms with Gasteiger partial charge in [-0.2, -0.15) is 0 Å². The van der Waals surface area contributed by atoms with E-state index in [-0.39, 0.29) is 5.97 Å². The van der Waals surface area contributed by atoms with Crippen molar-refractivity contribution in [3.8, 4) is 5.75 Å². The number of ether oxygens (including phenoxy) is 1. The maximum Gasteiger partial charge on any atom is 0.308 e. The molecule has 21 heavy (non-hydrogen) atoms. The van der Waals surface area contributed by atoms with E-state index in [9.17, 15) is 4.79 Å². The average Bonchev–Trinajstić information content (AvgIpc) is 2.97. The van der Waals surface area contributed by atoms with E-state index in [1.54, 1.807) is 18.3 Å². The molecule has 0 N–H and O–H groups in total. The highest BCUT2D eigenvalue weighted by Gasteiger charge is 2.00. The van der Waals surface area contributed by atoms with E-state index in [2.05, 4.69) is 9.98 Å². The molecule has 5 nitrogen and oxygen atoms in total. The molecule has 2 rings (SSSR count). The second-order valence-electron chi connectivity index (χ2n) is 4.74. The van der Waals surface area contributed by atoms with Crippen molar-refractivity contribution >= 4 is 11.7 Å². The molecule has 0 saturated heterocycles. The van der Waals surface area contributed by atoms with Crippen molar-refractivity contribution in [2.45, 2.75) is 26.8 Å². The fraction of sp³-hybridized carbons (Fsp3) is 0.312. The van der Waals surface area contributed by atoms with Gasteiger partial charge in [-0.15, -0.1) is 0 Å². The van der Waals surface area contributed by atoms with Gasteiger partial charge in [-0.3, -0.25) is 9.79 Å². The third kappa shape index (κ3) is 4.87. The van der Waals surface area contributed by atoms with Crippen molar-refractivity contribution in [1.82, 2.24) is 9.55 Å². The first-order valence-electron chi connectivity index (χ1n) is 6.91. The number of benzene rings is 1. The van der Waals surface area contributed by atoms with E-state index in [1.165, 1.54) is 6.92 Å². The largest absolute Gasteiger partial charge is 0.427 e. The van der Waals surface area contributed by atoms with Crippen molar-refractivity contribution in [3.05, 3.63) is 48.5 Å². The van der Waals surface area contributed by atoms with Crippen LogP contribution < -0.4 is 4.74 Å². The predicted molar refractivity (Wildman–Crippen MR) is 81.7 cm³/mol. The molecule has 1 aromatic heterocycles. The molecule has 0 unspecified atom stereocenters. The van der Waals surface area contributed by atoms with Gasteiger partial charge in [0.05, 0.1) is 6.33 Å². The monoisotopic (exact) mass is 285 g/mol. The Morgan fingerprint density at radius 3 is 2.67 bits per heavy atom. The molecular formula is C16H19N3O2. The molecule has 0 aliphatic rings. The summed E-state index contributed by atoms with van der Waals surface area (Å²) >= 11 is 0. The summed E-state index contributed by atoms with van der Waals surface area (Å²) in [5, 5.41) is 0. The predicted octanol–water partition coefficient (Wildman–Crippen LogP) is 2.71. The standard InChI is InChI=1S/C16H19N3O2/c1-13(18-8-3-10-19-11-9-17-12-19)15-4-6-16(7-5-15)21-14(2)20/h4-7,9,11-12H,3,8,10H2,1-2H3/b18-13+. The van der Waals surface area contributed by atoms with Gasteiger partial charge >= 0.3 is 5.97 Å². The van der Waals surface area contributed by atoms with Gasteiger partial charge in [0.25, 0.3) is 0 Å². The van der Waals surface area contributed by atoms with E-state index in [0.717, 1.165) is 30.8 Å². The lowest BCUT2D eigenvalue weighted by Crippen LogP contribution is -2.02. The minimum absolute atomic E-state index is 0.312. The van der Waals surface area contributed by atoms with Crippen LogP contribution in [0.1, 0.15) is 25.8 Å². The van der Waals surface area contributed by atoms with Crippen LogP contribution in [-0.4, -0.2) is 27.8 Å². The fourth-order valence-corrected chi connectivity index (χ4v) is 1.94. The van der Waals surface area contributed by atoms with Crippen molar-refractivity contribution < 1.29 is 9.53 Å². The quantitative estimate of drug-likeness (QED) is 0.355. The van der Waals surface area contributed by atoms with Crippen LogP contribution in [0.3, 0.4) is 0 Å². The van der Waals surface area contributed by atoms with Crippen LogP contribution >= 0.6 is 0 Å². The third-order valence-corrected chi connectivity index (χ3v) is 3.02. The summed E-state index contributed by atoms with van der Waals surface area (Å²) in [6.45, 7) is 5.07. The number of aromatic nitrogens is 2. The number of carbonyl (C=O) groups is 1. The van der Waals surface area contributed by atoms with E-state index in [4.69, 9.17) is 4.74 Å². The van der Waals surface area contributed by atoms with Gasteiger partial charge in [0.2, 0.25) is 0 Å². The normalized spacial score (nSPS) is 11.4. The summed E-state index contributed by atoms with van der Waals surface area (Å²) in [5.74, 6) is 0.242. The third-order valence-electron chi connectivity index (χ3n) is 3.02. The summed E-state index contributed by atoms with van der Waals surface area (Å²) in [6.07, 6.45) is 6.51. The van der Waals surface area contributed by atoms with Gasteiger partial charge in [-0.05, 0) is 43.2 Å². The molecular weight excluding hydrogens is 266 g/mol. The second kappa shape index (κ2) is 7.38. The number of nitrogens with zero attached hydrogens (tertiary/aromatic N) is 3. The summed E-state index contributed by atoms with van der Waals surface area (Å²) in [7, 11) is 0.